The van der Waals surface area contributed by atoms with Crippen LogP contribution in [0.4, 0.5) is 0 Å². The smallest absolute Gasteiger partial charge is 0.308 e. The minimum atomic E-state index is -3.51. The maximum absolute atomic E-state index is 12.1. The summed E-state index contributed by atoms with van der Waals surface area (Å²) in [6, 6.07) is -0.450. The van der Waals surface area contributed by atoms with E-state index in [4.69, 9.17) is 5.11 Å². The molecule has 104 valence electrons. The number of carboxylic acids is 1. The molecule has 18 heavy (non-hydrogen) atoms. The average Bonchev–Trinajstić information content (AvgIpc) is 2.78. The summed E-state index contributed by atoms with van der Waals surface area (Å²) in [5.74, 6) is -1.48. The highest BCUT2D eigenvalue weighted by Crippen LogP contribution is 2.27. The molecule has 1 aliphatic carbocycles. The monoisotopic (exact) mass is 276 g/mol. The molecule has 2 fully saturated rings. The zero-order chi connectivity index (χ0) is 13.2. The largest absolute Gasteiger partial charge is 0.481 e. The lowest BCUT2D eigenvalue weighted by atomic mass is 10.1. The van der Waals surface area contributed by atoms with Gasteiger partial charge in [-0.15, -0.1) is 0 Å². The van der Waals surface area contributed by atoms with Crippen molar-refractivity contribution in [3.8, 4) is 0 Å². The van der Waals surface area contributed by atoms with Crippen molar-refractivity contribution in [1.29, 1.82) is 0 Å². The van der Waals surface area contributed by atoms with Crippen LogP contribution < -0.4 is 4.72 Å². The van der Waals surface area contributed by atoms with Crippen LogP contribution in [0.2, 0.25) is 0 Å². The molecule has 0 aromatic heterocycles. The highest BCUT2D eigenvalue weighted by molar-refractivity contribution is 7.87. The predicted octanol–water partition coefficient (Wildman–Crippen LogP) is 0.560. The van der Waals surface area contributed by atoms with Gasteiger partial charge in [0.2, 0.25) is 0 Å². The lowest BCUT2D eigenvalue weighted by molar-refractivity contribution is -0.141. The SMILES string of the molecule is O=C(O)C1CCCC1NS(=O)(=O)N1CCCCC1. The first-order chi connectivity index (χ1) is 8.50. The third-order valence-electron chi connectivity index (χ3n) is 3.79. The molecule has 0 aromatic carbocycles. The van der Waals surface area contributed by atoms with Gasteiger partial charge in [-0.3, -0.25) is 4.79 Å². The highest BCUT2D eigenvalue weighted by atomic mass is 32.2. The molecule has 0 bridgehead atoms. The van der Waals surface area contributed by atoms with Gasteiger partial charge in [0.15, 0.2) is 0 Å². The van der Waals surface area contributed by atoms with Crippen LogP contribution in [-0.4, -0.2) is 42.9 Å². The summed E-state index contributed by atoms with van der Waals surface area (Å²) in [4.78, 5) is 11.0. The molecule has 0 aromatic rings. The molecule has 1 heterocycles. The van der Waals surface area contributed by atoms with E-state index < -0.39 is 28.1 Å². The van der Waals surface area contributed by atoms with Gasteiger partial charge in [0.1, 0.15) is 0 Å². The molecule has 2 aliphatic rings. The molecule has 0 amide bonds. The van der Waals surface area contributed by atoms with Gasteiger partial charge in [0, 0.05) is 19.1 Å². The number of carboxylic acid groups (broad SMARTS) is 1. The number of rotatable bonds is 4. The van der Waals surface area contributed by atoms with Crippen LogP contribution in [0.5, 0.6) is 0 Å². The standard InChI is InChI=1S/C11H20N2O4S/c14-11(15)9-5-4-6-10(9)12-18(16,17)13-7-2-1-3-8-13/h9-10,12H,1-8H2,(H,14,15). The van der Waals surface area contributed by atoms with E-state index in [0.717, 1.165) is 25.7 Å². The Balaban J connectivity index is 2.00. The third kappa shape index (κ3) is 3.02. The summed E-state index contributed by atoms with van der Waals surface area (Å²) in [6.07, 6.45) is 4.77. The van der Waals surface area contributed by atoms with Crippen molar-refractivity contribution in [3.63, 3.8) is 0 Å². The second-order valence-electron chi connectivity index (χ2n) is 5.06. The van der Waals surface area contributed by atoms with Crippen LogP contribution in [-0.2, 0) is 15.0 Å². The molecule has 0 spiro atoms. The highest BCUT2D eigenvalue weighted by Gasteiger charge is 2.37. The van der Waals surface area contributed by atoms with Crippen molar-refractivity contribution in [3.05, 3.63) is 0 Å². The fourth-order valence-corrected chi connectivity index (χ4v) is 4.32. The van der Waals surface area contributed by atoms with Crippen molar-refractivity contribution in [2.45, 2.75) is 44.6 Å². The predicted molar refractivity (Wildman–Crippen MR) is 66.2 cm³/mol. The lowest BCUT2D eigenvalue weighted by Crippen LogP contribution is -2.49. The van der Waals surface area contributed by atoms with E-state index >= 15 is 0 Å². The zero-order valence-corrected chi connectivity index (χ0v) is 11.2. The van der Waals surface area contributed by atoms with Crippen molar-refractivity contribution in [2.24, 2.45) is 5.92 Å². The van der Waals surface area contributed by atoms with Gasteiger partial charge >= 0.3 is 5.97 Å². The van der Waals surface area contributed by atoms with E-state index in [9.17, 15) is 13.2 Å². The van der Waals surface area contributed by atoms with E-state index in [1.165, 1.54) is 4.31 Å². The van der Waals surface area contributed by atoms with Gasteiger partial charge in [-0.05, 0) is 25.7 Å². The Labute approximate surface area is 108 Å². The Morgan fingerprint density at radius 2 is 1.78 bits per heavy atom. The van der Waals surface area contributed by atoms with E-state index in [1.54, 1.807) is 0 Å². The van der Waals surface area contributed by atoms with Gasteiger partial charge < -0.3 is 5.11 Å². The number of aliphatic carboxylic acids is 1. The second-order valence-corrected chi connectivity index (χ2v) is 6.77. The van der Waals surface area contributed by atoms with Gasteiger partial charge in [-0.1, -0.05) is 12.8 Å². The minimum absolute atomic E-state index is 0.450. The Bertz CT molecular complexity index is 403. The molecule has 1 saturated carbocycles. The Morgan fingerprint density at radius 1 is 1.11 bits per heavy atom. The molecule has 2 rings (SSSR count). The first-order valence-electron chi connectivity index (χ1n) is 6.51. The van der Waals surface area contributed by atoms with Crippen molar-refractivity contribution in [2.75, 3.05) is 13.1 Å². The summed E-state index contributed by atoms with van der Waals surface area (Å²) >= 11 is 0. The zero-order valence-electron chi connectivity index (χ0n) is 10.3. The molecule has 7 heteroatoms. The molecule has 2 unspecified atom stereocenters. The minimum Gasteiger partial charge on any atom is -0.481 e. The first kappa shape index (κ1) is 13.8. The van der Waals surface area contributed by atoms with Crippen LogP contribution >= 0.6 is 0 Å². The summed E-state index contributed by atoms with van der Waals surface area (Å²) in [7, 11) is -3.51. The van der Waals surface area contributed by atoms with Gasteiger partial charge in [0.25, 0.3) is 10.2 Å². The normalized spacial score (nSPS) is 30.4. The number of piperidine rings is 1. The topological polar surface area (TPSA) is 86.7 Å². The molecule has 2 N–H and O–H groups in total. The van der Waals surface area contributed by atoms with Gasteiger partial charge in [-0.2, -0.15) is 17.4 Å². The Hall–Kier alpha value is -0.660. The summed E-state index contributed by atoms with van der Waals surface area (Å²) in [6.45, 7) is 1.08. The summed E-state index contributed by atoms with van der Waals surface area (Å²) in [5.41, 5.74) is 0. The third-order valence-corrected chi connectivity index (χ3v) is 5.43. The molecule has 6 nitrogen and oxygen atoms in total. The quantitative estimate of drug-likeness (QED) is 0.785. The maximum Gasteiger partial charge on any atom is 0.308 e. The van der Waals surface area contributed by atoms with Crippen LogP contribution in [0.3, 0.4) is 0 Å². The fraction of sp³-hybridized carbons (Fsp3) is 0.909. The van der Waals surface area contributed by atoms with Crippen molar-refractivity contribution < 1.29 is 18.3 Å². The molecule has 1 saturated heterocycles. The van der Waals surface area contributed by atoms with Crippen LogP contribution in [0.1, 0.15) is 38.5 Å². The summed E-state index contributed by atoms with van der Waals surface area (Å²) < 4.78 is 28.3. The van der Waals surface area contributed by atoms with E-state index in [-0.39, 0.29) is 0 Å². The Morgan fingerprint density at radius 3 is 2.39 bits per heavy atom. The van der Waals surface area contributed by atoms with Crippen molar-refractivity contribution in [1.82, 2.24) is 9.03 Å². The molecule has 1 aliphatic heterocycles. The lowest BCUT2D eigenvalue weighted by Gasteiger charge is -2.28. The van der Waals surface area contributed by atoms with E-state index in [0.29, 0.717) is 25.9 Å². The van der Waals surface area contributed by atoms with Crippen molar-refractivity contribution >= 4 is 16.2 Å². The number of carbonyl (C=O) groups is 1. The Kier molecular flexibility index (Phi) is 4.24. The first-order valence-corrected chi connectivity index (χ1v) is 7.95. The van der Waals surface area contributed by atoms with E-state index in [2.05, 4.69) is 4.72 Å². The molecular weight excluding hydrogens is 256 g/mol. The van der Waals surface area contributed by atoms with Crippen LogP contribution in [0.15, 0.2) is 0 Å². The summed E-state index contributed by atoms with van der Waals surface area (Å²) in [5, 5.41) is 9.04. The maximum atomic E-state index is 12.1. The van der Waals surface area contributed by atoms with Gasteiger partial charge in [-0.25, -0.2) is 0 Å². The molecular formula is C11H20N2O4S. The fourth-order valence-electron chi connectivity index (χ4n) is 2.77. The number of nitrogens with zero attached hydrogens (tertiary/aromatic N) is 1. The molecule has 0 radical (unpaired) electrons. The molecule has 2 atom stereocenters. The van der Waals surface area contributed by atoms with Crippen LogP contribution in [0, 0.1) is 5.92 Å². The average molecular weight is 276 g/mol. The number of nitrogens with one attached hydrogen (secondary N) is 1. The van der Waals surface area contributed by atoms with E-state index in [1.807, 2.05) is 0 Å². The number of hydrogen-bond acceptors (Lipinski definition) is 3. The van der Waals surface area contributed by atoms with Gasteiger partial charge in [0.05, 0.1) is 5.92 Å². The second kappa shape index (κ2) is 5.54. The number of hydrogen-bond donors (Lipinski definition) is 2. The van der Waals surface area contributed by atoms with Crippen LogP contribution in [0.25, 0.3) is 0 Å².